The lowest BCUT2D eigenvalue weighted by Crippen LogP contribution is -2.31. The predicted octanol–water partition coefficient (Wildman–Crippen LogP) is 2.41. The topological polar surface area (TPSA) is 30.5 Å². The fraction of sp³-hybridized carbons (Fsp3) is 0.647. The zero-order valence-electron chi connectivity index (χ0n) is 12.3. The third kappa shape index (κ3) is 1.91. The van der Waals surface area contributed by atoms with Gasteiger partial charge >= 0.3 is 0 Å². The van der Waals surface area contributed by atoms with Crippen molar-refractivity contribution in [3.8, 4) is 11.5 Å². The molecule has 1 aromatic carbocycles. The zero-order chi connectivity index (χ0) is 13.5. The molecule has 108 valence electrons. The Hall–Kier alpha value is -1.22. The normalized spacial score (nSPS) is 23.9. The van der Waals surface area contributed by atoms with Crippen LogP contribution in [-0.4, -0.2) is 26.3 Å². The summed E-state index contributed by atoms with van der Waals surface area (Å²) in [6, 6.07) is 0. The average molecular weight is 273 g/mol. The maximum atomic E-state index is 6.00. The fourth-order valence-corrected chi connectivity index (χ4v) is 4.04. The molecule has 0 aromatic heterocycles. The van der Waals surface area contributed by atoms with Gasteiger partial charge in [-0.3, -0.25) is 0 Å². The molecular formula is C17H23NO2. The summed E-state index contributed by atoms with van der Waals surface area (Å²) in [4.78, 5) is 0. The van der Waals surface area contributed by atoms with Crippen LogP contribution in [0.25, 0.3) is 0 Å². The van der Waals surface area contributed by atoms with Gasteiger partial charge in [-0.1, -0.05) is 0 Å². The van der Waals surface area contributed by atoms with Crippen LogP contribution in [0.5, 0.6) is 11.5 Å². The van der Waals surface area contributed by atoms with E-state index in [-0.39, 0.29) is 0 Å². The lowest BCUT2D eigenvalue weighted by atomic mass is 9.86. The van der Waals surface area contributed by atoms with Gasteiger partial charge in [-0.2, -0.15) is 0 Å². The van der Waals surface area contributed by atoms with Crippen LogP contribution in [0.1, 0.15) is 35.1 Å². The summed E-state index contributed by atoms with van der Waals surface area (Å²) in [5.74, 6) is 3.13. The second kappa shape index (κ2) is 4.96. The molecule has 3 nitrogen and oxygen atoms in total. The third-order valence-electron chi connectivity index (χ3n) is 5.07. The highest BCUT2D eigenvalue weighted by molar-refractivity contribution is 5.61. The van der Waals surface area contributed by atoms with E-state index in [2.05, 4.69) is 12.2 Å². The summed E-state index contributed by atoms with van der Waals surface area (Å²) >= 11 is 0. The van der Waals surface area contributed by atoms with E-state index in [0.717, 1.165) is 44.9 Å². The maximum Gasteiger partial charge on any atom is 0.126 e. The van der Waals surface area contributed by atoms with E-state index < -0.39 is 0 Å². The number of fused-ring (bicyclic) bond motifs is 2. The van der Waals surface area contributed by atoms with Crippen LogP contribution in [0.4, 0.5) is 0 Å². The quantitative estimate of drug-likeness (QED) is 0.897. The lowest BCUT2D eigenvalue weighted by molar-refractivity contribution is 0.341. The Balaban J connectivity index is 1.74. The van der Waals surface area contributed by atoms with Gasteiger partial charge in [0.15, 0.2) is 0 Å². The molecular weight excluding hydrogens is 250 g/mol. The van der Waals surface area contributed by atoms with Crippen molar-refractivity contribution < 1.29 is 9.47 Å². The lowest BCUT2D eigenvalue weighted by Gasteiger charge is -2.25. The summed E-state index contributed by atoms with van der Waals surface area (Å²) in [6.07, 6.45) is 5.90. The molecule has 3 aliphatic heterocycles. The molecule has 20 heavy (non-hydrogen) atoms. The van der Waals surface area contributed by atoms with Crippen molar-refractivity contribution in [3.63, 3.8) is 0 Å². The van der Waals surface area contributed by atoms with Gasteiger partial charge in [-0.25, -0.2) is 0 Å². The van der Waals surface area contributed by atoms with Gasteiger partial charge in [0.2, 0.25) is 0 Å². The van der Waals surface area contributed by atoms with Crippen molar-refractivity contribution in [2.45, 2.75) is 39.0 Å². The molecule has 1 fully saturated rings. The van der Waals surface area contributed by atoms with E-state index in [1.165, 1.54) is 53.1 Å². The van der Waals surface area contributed by atoms with E-state index in [9.17, 15) is 0 Å². The van der Waals surface area contributed by atoms with Crippen LogP contribution in [-0.2, 0) is 19.3 Å². The average Bonchev–Trinajstić information content (AvgIpc) is 3.14. The number of nitrogens with one attached hydrogen (secondary N) is 1. The van der Waals surface area contributed by atoms with Gasteiger partial charge in [0.25, 0.3) is 0 Å². The first-order chi connectivity index (χ1) is 9.84. The predicted molar refractivity (Wildman–Crippen MR) is 78.9 cm³/mol. The Bertz CT molecular complexity index is 497. The highest BCUT2D eigenvalue weighted by Gasteiger charge is 2.30. The first-order valence-corrected chi connectivity index (χ1v) is 7.98. The van der Waals surface area contributed by atoms with Gasteiger partial charge in [-0.15, -0.1) is 0 Å². The van der Waals surface area contributed by atoms with Crippen LogP contribution in [0, 0.1) is 12.8 Å². The largest absolute Gasteiger partial charge is 0.493 e. The van der Waals surface area contributed by atoms with Crippen molar-refractivity contribution in [2.24, 2.45) is 5.92 Å². The Morgan fingerprint density at radius 2 is 1.90 bits per heavy atom. The molecule has 0 radical (unpaired) electrons. The Labute approximate surface area is 120 Å². The molecule has 0 spiro atoms. The van der Waals surface area contributed by atoms with Crippen LogP contribution in [0.15, 0.2) is 0 Å². The van der Waals surface area contributed by atoms with Crippen LogP contribution in [0.3, 0.4) is 0 Å². The Morgan fingerprint density at radius 3 is 2.70 bits per heavy atom. The summed E-state index contributed by atoms with van der Waals surface area (Å²) in [7, 11) is 0. The molecule has 1 N–H and O–H groups in total. The van der Waals surface area contributed by atoms with Crippen molar-refractivity contribution in [1.29, 1.82) is 0 Å². The SMILES string of the molecule is Cc1c2c(c(CC3CCCNC3)c3c1OCC3)OCC2. The van der Waals surface area contributed by atoms with E-state index >= 15 is 0 Å². The molecule has 0 aliphatic carbocycles. The molecule has 0 amide bonds. The van der Waals surface area contributed by atoms with Crippen LogP contribution < -0.4 is 14.8 Å². The van der Waals surface area contributed by atoms with Crippen LogP contribution in [0.2, 0.25) is 0 Å². The van der Waals surface area contributed by atoms with Gasteiger partial charge < -0.3 is 14.8 Å². The molecule has 0 saturated carbocycles. The van der Waals surface area contributed by atoms with Gasteiger partial charge in [0.05, 0.1) is 13.2 Å². The molecule has 3 heterocycles. The minimum Gasteiger partial charge on any atom is -0.493 e. The Morgan fingerprint density at radius 1 is 1.10 bits per heavy atom. The summed E-state index contributed by atoms with van der Waals surface area (Å²) in [6.45, 7) is 6.21. The number of rotatable bonds is 2. The van der Waals surface area contributed by atoms with E-state index in [1.807, 2.05) is 0 Å². The zero-order valence-corrected chi connectivity index (χ0v) is 12.3. The second-order valence-corrected chi connectivity index (χ2v) is 6.33. The first-order valence-electron chi connectivity index (χ1n) is 7.98. The minimum atomic E-state index is 0.754. The standard InChI is InChI=1S/C17H23NO2/c1-11-13-4-7-20-17(13)15(14-5-8-19-16(11)14)9-12-3-2-6-18-10-12/h12,18H,2-10H2,1H3. The molecule has 0 bridgehead atoms. The smallest absolute Gasteiger partial charge is 0.126 e. The van der Waals surface area contributed by atoms with E-state index in [0.29, 0.717) is 0 Å². The first kappa shape index (κ1) is 12.5. The molecule has 3 aliphatic rings. The van der Waals surface area contributed by atoms with Crippen molar-refractivity contribution in [3.05, 3.63) is 22.3 Å². The molecule has 4 rings (SSSR count). The fourth-order valence-electron chi connectivity index (χ4n) is 4.04. The summed E-state index contributed by atoms with van der Waals surface area (Å²) < 4.78 is 11.9. The van der Waals surface area contributed by atoms with Gasteiger partial charge in [0, 0.05) is 29.5 Å². The van der Waals surface area contributed by atoms with Crippen molar-refractivity contribution in [2.75, 3.05) is 26.3 Å². The number of hydrogen-bond donors (Lipinski definition) is 1. The highest BCUT2D eigenvalue weighted by Crippen LogP contribution is 2.45. The molecule has 3 heteroatoms. The minimum absolute atomic E-state index is 0.754. The molecule has 1 aromatic rings. The van der Waals surface area contributed by atoms with Gasteiger partial charge in [-0.05, 0) is 50.8 Å². The summed E-state index contributed by atoms with van der Waals surface area (Å²) in [5, 5.41) is 3.53. The number of benzene rings is 1. The second-order valence-electron chi connectivity index (χ2n) is 6.33. The van der Waals surface area contributed by atoms with Crippen molar-refractivity contribution >= 4 is 0 Å². The maximum absolute atomic E-state index is 6.00. The Kier molecular flexibility index (Phi) is 3.10. The third-order valence-corrected chi connectivity index (χ3v) is 5.07. The number of piperidine rings is 1. The highest BCUT2D eigenvalue weighted by atomic mass is 16.5. The monoisotopic (exact) mass is 273 g/mol. The van der Waals surface area contributed by atoms with E-state index in [4.69, 9.17) is 9.47 Å². The van der Waals surface area contributed by atoms with Crippen molar-refractivity contribution in [1.82, 2.24) is 5.32 Å². The molecule has 1 saturated heterocycles. The van der Waals surface area contributed by atoms with Gasteiger partial charge in [0.1, 0.15) is 11.5 Å². The number of hydrogen-bond acceptors (Lipinski definition) is 3. The number of ether oxygens (including phenoxy) is 2. The molecule has 1 atom stereocenters. The summed E-state index contributed by atoms with van der Waals surface area (Å²) in [5.41, 5.74) is 5.64. The van der Waals surface area contributed by atoms with E-state index in [1.54, 1.807) is 0 Å². The molecule has 1 unspecified atom stereocenters. The van der Waals surface area contributed by atoms with Crippen LogP contribution >= 0.6 is 0 Å².